The monoisotopic (exact) mass is 161 g/mol. The van der Waals surface area contributed by atoms with Gasteiger partial charge in [-0.15, -0.1) is 0 Å². The molecule has 1 aromatic rings. The Morgan fingerprint density at radius 1 is 1.50 bits per heavy atom. The highest BCUT2D eigenvalue weighted by atomic mass is 14.9. The zero-order chi connectivity index (χ0) is 9.14. The summed E-state index contributed by atoms with van der Waals surface area (Å²) in [5, 5.41) is 0. The van der Waals surface area contributed by atoms with Crippen molar-refractivity contribution < 1.29 is 0 Å². The number of hydrogen-bond acceptors (Lipinski definition) is 2. The van der Waals surface area contributed by atoms with Crippen LogP contribution in [0.4, 0.5) is 5.69 Å². The van der Waals surface area contributed by atoms with E-state index >= 15 is 0 Å². The van der Waals surface area contributed by atoms with Gasteiger partial charge in [0.1, 0.15) is 5.82 Å². The van der Waals surface area contributed by atoms with Crippen molar-refractivity contribution in [1.82, 2.24) is 9.97 Å². The molecule has 1 heterocycles. The van der Waals surface area contributed by atoms with Gasteiger partial charge < -0.3 is 0 Å². The predicted molar refractivity (Wildman–Crippen MR) is 47.1 cm³/mol. The van der Waals surface area contributed by atoms with Crippen LogP contribution in [0.15, 0.2) is 6.20 Å². The maximum atomic E-state index is 6.89. The standard InChI is InChI=1S/C9H11N3/c1-6(2)9-8(10-4)5-11-7(3)12-9/h5-6H,1-3H3. The van der Waals surface area contributed by atoms with Crippen LogP contribution in [0.1, 0.15) is 31.3 Å². The highest BCUT2D eigenvalue weighted by molar-refractivity contribution is 5.48. The van der Waals surface area contributed by atoms with E-state index in [1.54, 1.807) is 6.20 Å². The van der Waals surface area contributed by atoms with Crippen molar-refractivity contribution in [3.8, 4) is 0 Å². The third-order valence-corrected chi connectivity index (χ3v) is 1.59. The Kier molecular flexibility index (Phi) is 2.39. The minimum absolute atomic E-state index is 0.288. The Morgan fingerprint density at radius 3 is 2.67 bits per heavy atom. The number of nitrogens with zero attached hydrogens (tertiary/aromatic N) is 3. The van der Waals surface area contributed by atoms with Crippen LogP contribution in [0.3, 0.4) is 0 Å². The summed E-state index contributed by atoms with van der Waals surface area (Å²) in [5.41, 5.74) is 1.41. The lowest BCUT2D eigenvalue weighted by atomic mass is 10.1. The molecule has 0 bridgehead atoms. The topological polar surface area (TPSA) is 30.1 Å². The van der Waals surface area contributed by atoms with E-state index < -0.39 is 0 Å². The second-order valence-corrected chi connectivity index (χ2v) is 2.95. The Hall–Kier alpha value is -1.43. The lowest BCUT2D eigenvalue weighted by Gasteiger charge is -2.06. The van der Waals surface area contributed by atoms with Gasteiger partial charge in [-0.25, -0.2) is 9.83 Å². The minimum atomic E-state index is 0.288. The Balaban J connectivity index is 3.24. The van der Waals surface area contributed by atoms with E-state index in [9.17, 15) is 0 Å². The third-order valence-electron chi connectivity index (χ3n) is 1.59. The van der Waals surface area contributed by atoms with Gasteiger partial charge in [0.05, 0.1) is 12.3 Å². The molecule has 0 aliphatic rings. The van der Waals surface area contributed by atoms with Crippen LogP contribution in [-0.4, -0.2) is 9.97 Å². The molecule has 0 atom stereocenters. The number of rotatable bonds is 1. The molecular formula is C9H11N3. The first-order chi connectivity index (χ1) is 5.65. The van der Waals surface area contributed by atoms with E-state index in [0.717, 1.165) is 11.5 Å². The molecule has 1 aromatic heterocycles. The van der Waals surface area contributed by atoms with E-state index in [0.29, 0.717) is 5.69 Å². The van der Waals surface area contributed by atoms with Gasteiger partial charge in [-0.2, -0.15) is 0 Å². The molecule has 3 heteroatoms. The average Bonchev–Trinajstić information content (AvgIpc) is 2.04. The summed E-state index contributed by atoms with van der Waals surface area (Å²) in [6, 6.07) is 0. The SMILES string of the molecule is [C-]#[N+]c1cnc(C)nc1C(C)C. The van der Waals surface area contributed by atoms with Crippen molar-refractivity contribution in [2.24, 2.45) is 0 Å². The smallest absolute Gasteiger partial charge is 0.226 e. The summed E-state index contributed by atoms with van der Waals surface area (Å²) < 4.78 is 0. The molecule has 0 fully saturated rings. The van der Waals surface area contributed by atoms with Gasteiger partial charge in [-0.3, -0.25) is 4.98 Å². The van der Waals surface area contributed by atoms with Crippen molar-refractivity contribution in [2.75, 3.05) is 0 Å². The van der Waals surface area contributed by atoms with Gasteiger partial charge in [0.2, 0.25) is 5.69 Å². The minimum Gasteiger partial charge on any atom is -0.253 e. The van der Waals surface area contributed by atoms with Gasteiger partial charge in [-0.1, -0.05) is 13.8 Å². The summed E-state index contributed by atoms with van der Waals surface area (Å²) in [5.74, 6) is 1.02. The molecular weight excluding hydrogens is 150 g/mol. The molecule has 0 spiro atoms. The highest BCUT2D eigenvalue weighted by Gasteiger charge is 2.08. The quantitative estimate of drug-likeness (QED) is 0.592. The van der Waals surface area contributed by atoms with E-state index in [2.05, 4.69) is 14.8 Å². The maximum Gasteiger partial charge on any atom is 0.226 e. The van der Waals surface area contributed by atoms with Crippen molar-refractivity contribution in [1.29, 1.82) is 0 Å². The first kappa shape index (κ1) is 8.66. The number of aryl methyl sites for hydroxylation is 1. The summed E-state index contributed by atoms with van der Waals surface area (Å²) in [6.07, 6.45) is 1.59. The Labute approximate surface area is 72.3 Å². The lowest BCUT2D eigenvalue weighted by molar-refractivity contribution is 0.807. The molecule has 62 valence electrons. The predicted octanol–water partition coefficient (Wildman–Crippen LogP) is 2.46. The average molecular weight is 161 g/mol. The van der Waals surface area contributed by atoms with Crippen LogP contribution in [0.25, 0.3) is 4.85 Å². The van der Waals surface area contributed by atoms with Crippen LogP contribution in [-0.2, 0) is 0 Å². The largest absolute Gasteiger partial charge is 0.253 e. The molecule has 0 saturated carbocycles. The van der Waals surface area contributed by atoms with Gasteiger partial charge in [0, 0.05) is 6.20 Å². The van der Waals surface area contributed by atoms with Crippen LogP contribution in [0.5, 0.6) is 0 Å². The maximum absolute atomic E-state index is 6.89. The van der Waals surface area contributed by atoms with Crippen molar-refractivity contribution in [3.63, 3.8) is 0 Å². The zero-order valence-electron chi connectivity index (χ0n) is 7.50. The second-order valence-electron chi connectivity index (χ2n) is 2.95. The molecule has 0 N–H and O–H groups in total. The van der Waals surface area contributed by atoms with E-state index in [-0.39, 0.29) is 5.92 Å². The first-order valence-electron chi connectivity index (χ1n) is 3.86. The molecule has 12 heavy (non-hydrogen) atoms. The molecule has 0 aliphatic heterocycles. The summed E-state index contributed by atoms with van der Waals surface area (Å²) in [6.45, 7) is 12.8. The number of aromatic nitrogens is 2. The Morgan fingerprint density at radius 2 is 2.17 bits per heavy atom. The number of hydrogen-bond donors (Lipinski definition) is 0. The van der Waals surface area contributed by atoms with Crippen molar-refractivity contribution in [3.05, 3.63) is 29.1 Å². The molecule has 3 nitrogen and oxygen atoms in total. The van der Waals surface area contributed by atoms with Crippen molar-refractivity contribution in [2.45, 2.75) is 26.7 Å². The summed E-state index contributed by atoms with van der Waals surface area (Å²) >= 11 is 0. The molecule has 1 rings (SSSR count). The van der Waals surface area contributed by atoms with Crippen LogP contribution < -0.4 is 0 Å². The van der Waals surface area contributed by atoms with Gasteiger partial charge in [-0.05, 0) is 12.8 Å². The molecule has 0 radical (unpaired) electrons. The zero-order valence-corrected chi connectivity index (χ0v) is 7.50. The normalized spacial score (nSPS) is 9.92. The van der Waals surface area contributed by atoms with Crippen LogP contribution in [0, 0.1) is 13.5 Å². The molecule has 0 amide bonds. The Bertz CT molecular complexity index is 323. The summed E-state index contributed by atoms with van der Waals surface area (Å²) in [4.78, 5) is 11.5. The molecule has 0 unspecified atom stereocenters. The van der Waals surface area contributed by atoms with Crippen molar-refractivity contribution >= 4 is 5.69 Å². The molecule has 0 aromatic carbocycles. The fourth-order valence-electron chi connectivity index (χ4n) is 0.992. The lowest BCUT2D eigenvalue weighted by Crippen LogP contribution is -1.96. The van der Waals surface area contributed by atoms with E-state index in [1.165, 1.54) is 0 Å². The van der Waals surface area contributed by atoms with Crippen LogP contribution >= 0.6 is 0 Å². The highest BCUT2D eigenvalue weighted by Crippen LogP contribution is 2.23. The van der Waals surface area contributed by atoms with Crippen LogP contribution in [0.2, 0.25) is 0 Å². The molecule has 0 saturated heterocycles. The second kappa shape index (κ2) is 3.31. The van der Waals surface area contributed by atoms with E-state index in [4.69, 9.17) is 6.57 Å². The van der Waals surface area contributed by atoms with E-state index in [1.807, 2.05) is 20.8 Å². The third kappa shape index (κ3) is 1.59. The fraction of sp³-hybridized carbons (Fsp3) is 0.444. The van der Waals surface area contributed by atoms with Gasteiger partial charge in [0.25, 0.3) is 0 Å². The molecule has 0 aliphatic carbocycles. The fourth-order valence-corrected chi connectivity index (χ4v) is 0.992. The van der Waals surface area contributed by atoms with Gasteiger partial charge in [0.15, 0.2) is 0 Å². The summed E-state index contributed by atoms with van der Waals surface area (Å²) in [7, 11) is 0. The van der Waals surface area contributed by atoms with Gasteiger partial charge >= 0.3 is 0 Å². The first-order valence-corrected chi connectivity index (χ1v) is 3.86.